The van der Waals surface area contributed by atoms with Crippen LogP contribution in [0.4, 0.5) is 5.69 Å². The van der Waals surface area contributed by atoms with Crippen LogP contribution in [-0.2, 0) is 4.79 Å². The van der Waals surface area contributed by atoms with Gasteiger partial charge in [0.2, 0.25) is 5.91 Å². The Morgan fingerprint density at radius 2 is 1.80 bits per heavy atom. The van der Waals surface area contributed by atoms with Gasteiger partial charge in [-0.3, -0.25) is 4.79 Å². The zero-order chi connectivity index (χ0) is 14.5. The molecule has 0 aromatic heterocycles. The molecule has 0 fully saturated rings. The number of nitrogens with one attached hydrogen (secondary N) is 1. The van der Waals surface area contributed by atoms with Crippen LogP contribution in [0.1, 0.15) is 16.7 Å². The number of rotatable bonds is 3. The molecule has 102 valence electrons. The Morgan fingerprint density at radius 1 is 1.10 bits per heavy atom. The van der Waals surface area contributed by atoms with Gasteiger partial charge in [0.25, 0.3) is 0 Å². The third kappa shape index (κ3) is 4.20. The quantitative estimate of drug-likeness (QED) is 0.617. The number of carbonyl (C=O) groups is 1. The molecule has 2 nitrogen and oxygen atoms in total. The van der Waals surface area contributed by atoms with Gasteiger partial charge >= 0.3 is 0 Å². The van der Waals surface area contributed by atoms with Crippen molar-refractivity contribution in [1.29, 1.82) is 0 Å². The molecule has 2 aromatic rings. The molecule has 3 heteroatoms. The maximum absolute atomic E-state index is 11.9. The maximum atomic E-state index is 11.9. The Kier molecular flexibility index (Phi) is 4.95. The second-order valence-electron chi connectivity index (χ2n) is 4.69. The number of hydrogen-bond acceptors (Lipinski definition) is 1. The number of aryl methyl sites for hydroxylation is 2. The normalized spacial score (nSPS) is 10.8. The van der Waals surface area contributed by atoms with Crippen LogP contribution in [-0.4, -0.2) is 5.91 Å². The van der Waals surface area contributed by atoms with Crippen LogP contribution in [0.2, 0.25) is 0 Å². The monoisotopic (exact) mass is 377 g/mol. The number of carbonyl (C=O) groups excluding carboxylic acids is 1. The van der Waals surface area contributed by atoms with E-state index in [1.54, 1.807) is 6.08 Å². The van der Waals surface area contributed by atoms with Gasteiger partial charge in [0.15, 0.2) is 0 Å². The highest BCUT2D eigenvalue weighted by Crippen LogP contribution is 2.17. The van der Waals surface area contributed by atoms with Gasteiger partial charge in [-0.05, 0) is 71.8 Å². The highest BCUT2D eigenvalue weighted by Gasteiger charge is 2.01. The summed E-state index contributed by atoms with van der Waals surface area (Å²) in [6, 6.07) is 14.0. The number of amides is 1. The van der Waals surface area contributed by atoms with E-state index in [0.717, 1.165) is 20.4 Å². The van der Waals surface area contributed by atoms with E-state index < -0.39 is 0 Å². The second-order valence-corrected chi connectivity index (χ2v) is 5.94. The Balaban J connectivity index is 2.03. The van der Waals surface area contributed by atoms with Crippen LogP contribution in [0.3, 0.4) is 0 Å². The van der Waals surface area contributed by atoms with Crippen LogP contribution in [0.25, 0.3) is 6.08 Å². The lowest BCUT2D eigenvalue weighted by atomic mass is 10.1. The Hall–Kier alpha value is -1.62. The zero-order valence-corrected chi connectivity index (χ0v) is 13.6. The molecule has 1 N–H and O–H groups in total. The predicted molar refractivity (Wildman–Crippen MR) is 92.7 cm³/mol. The summed E-state index contributed by atoms with van der Waals surface area (Å²) in [7, 11) is 0. The molecule has 2 aromatic carbocycles. The average Bonchev–Trinajstić information content (AvgIpc) is 2.41. The molecule has 0 heterocycles. The van der Waals surface area contributed by atoms with Crippen LogP contribution < -0.4 is 5.32 Å². The third-order valence-corrected chi connectivity index (χ3v) is 3.62. The molecule has 20 heavy (non-hydrogen) atoms. The fraction of sp³-hybridized carbons (Fsp3) is 0.118. The van der Waals surface area contributed by atoms with E-state index in [2.05, 4.69) is 27.9 Å². The van der Waals surface area contributed by atoms with Crippen LogP contribution in [0.5, 0.6) is 0 Å². The van der Waals surface area contributed by atoms with Crippen LogP contribution in [0.15, 0.2) is 48.5 Å². The van der Waals surface area contributed by atoms with Gasteiger partial charge in [-0.2, -0.15) is 0 Å². The molecular formula is C17H16INO. The predicted octanol–water partition coefficient (Wildman–Crippen LogP) is 4.56. The van der Waals surface area contributed by atoms with Crippen molar-refractivity contribution >= 4 is 40.3 Å². The van der Waals surface area contributed by atoms with E-state index in [-0.39, 0.29) is 5.91 Å². The largest absolute Gasteiger partial charge is 0.322 e. The highest BCUT2D eigenvalue weighted by atomic mass is 127. The smallest absolute Gasteiger partial charge is 0.248 e. The molecule has 0 aliphatic rings. The van der Waals surface area contributed by atoms with Gasteiger partial charge in [0, 0.05) is 15.3 Å². The van der Waals surface area contributed by atoms with Gasteiger partial charge in [-0.25, -0.2) is 0 Å². The lowest BCUT2D eigenvalue weighted by Gasteiger charge is -2.06. The standard InChI is InChI=1S/C17H16INO/c1-12-3-5-14(6-4-12)7-10-17(20)19-16-9-8-15(18)11-13(16)2/h3-11H,1-2H3,(H,19,20)/b10-7+. The number of hydrogen-bond donors (Lipinski definition) is 1. The first-order valence-corrected chi connectivity index (χ1v) is 7.44. The first-order valence-electron chi connectivity index (χ1n) is 6.36. The average molecular weight is 377 g/mol. The Morgan fingerprint density at radius 3 is 2.45 bits per heavy atom. The summed E-state index contributed by atoms with van der Waals surface area (Å²) in [5, 5.41) is 2.89. The number of anilines is 1. The molecule has 0 radical (unpaired) electrons. The molecule has 0 saturated heterocycles. The Labute approximate surface area is 133 Å². The fourth-order valence-corrected chi connectivity index (χ4v) is 2.44. The van der Waals surface area contributed by atoms with E-state index in [1.165, 1.54) is 5.56 Å². The van der Waals surface area contributed by atoms with Crippen molar-refractivity contribution in [3.63, 3.8) is 0 Å². The summed E-state index contributed by atoms with van der Waals surface area (Å²) in [6.45, 7) is 4.03. The molecule has 0 spiro atoms. The van der Waals surface area contributed by atoms with Gasteiger partial charge in [-0.1, -0.05) is 29.8 Å². The van der Waals surface area contributed by atoms with Crippen molar-refractivity contribution in [2.75, 3.05) is 5.32 Å². The topological polar surface area (TPSA) is 29.1 Å². The van der Waals surface area contributed by atoms with E-state index in [9.17, 15) is 4.79 Å². The fourth-order valence-electron chi connectivity index (χ4n) is 1.79. The maximum Gasteiger partial charge on any atom is 0.248 e. The highest BCUT2D eigenvalue weighted by molar-refractivity contribution is 14.1. The molecule has 0 atom stereocenters. The minimum Gasteiger partial charge on any atom is -0.322 e. The molecule has 0 aliphatic heterocycles. The van der Waals surface area contributed by atoms with Crippen molar-refractivity contribution < 1.29 is 4.79 Å². The summed E-state index contributed by atoms with van der Waals surface area (Å²) in [5.74, 6) is -0.116. The van der Waals surface area contributed by atoms with Crippen LogP contribution in [0, 0.1) is 17.4 Å². The van der Waals surface area contributed by atoms with E-state index in [1.807, 2.05) is 62.4 Å². The lowest BCUT2D eigenvalue weighted by molar-refractivity contribution is -0.111. The molecule has 2 rings (SSSR count). The van der Waals surface area contributed by atoms with Crippen molar-refractivity contribution in [1.82, 2.24) is 0 Å². The summed E-state index contributed by atoms with van der Waals surface area (Å²) in [5.41, 5.74) is 4.14. The van der Waals surface area contributed by atoms with Crippen molar-refractivity contribution in [3.05, 3.63) is 68.8 Å². The Bertz CT molecular complexity index is 645. The number of halogens is 1. The molecular weight excluding hydrogens is 361 g/mol. The minimum atomic E-state index is -0.116. The van der Waals surface area contributed by atoms with E-state index in [0.29, 0.717) is 0 Å². The third-order valence-electron chi connectivity index (χ3n) is 2.95. The molecule has 0 bridgehead atoms. The lowest BCUT2D eigenvalue weighted by Crippen LogP contribution is -2.08. The van der Waals surface area contributed by atoms with Crippen molar-refractivity contribution in [2.24, 2.45) is 0 Å². The molecule has 0 saturated carbocycles. The van der Waals surface area contributed by atoms with E-state index >= 15 is 0 Å². The molecule has 1 amide bonds. The van der Waals surface area contributed by atoms with Crippen LogP contribution >= 0.6 is 22.6 Å². The zero-order valence-electron chi connectivity index (χ0n) is 11.5. The summed E-state index contributed by atoms with van der Waals surface area (Å²) >= 11 is 2.26. The molecule has 0 unspecified atom stereocenters. The van der Waals surface area contributed by atoms with Gasteiger partial charge in [-0.15, -0.1) is 0 Å². The first-order chi connectivity index (χ1) is 9.54. The van der Waals surface area contributed by atoms with E-state index in [4.69, 9.17) is 0 Å². The van der Waals surface area contributed by atoms with Gasteiger partial charge < -0.3 is 5.32 Å². The summed E-state index contributed by atoms with van der Waals surface area (Å²) < 4.78 is 1.16. The second kappa shape index (κ2) is 6.70. The number of benzene rings is 2. The minimum absolute atomic E-state index is 0.116. The van der Waals surface area contributed by atoms with Crippen molar-refractivity contribution in [3.8, 4) is 0 Å². The van der Waals surface area contributed by atoms with Gasteiger partial charge in [0.05, 0.1) is 0 Å². The molecule has 0 aliphatic carbocycles. The SMILES string of the molecule is Cc1ccc(/C=C/C(=O)Nc2ccc(I)cc2C)cc1. The first kappa shape index (κ1) is 14.8. The summed E-state index contributed by atoms with van der Waals surface area (Å²) in [6.07, 6.45) is 3.37. The summed E-state index contributed by atoms with van der Waals surface area (Å²) in [4.78, 5) is 11.9. The van der Waals surface area contributed by atoms with Gasteiger partial charge in [0.1, 0.15) is 0 Å². The van der Waals surface area contributed by atoms with Crippen molar-refractivity contribution in [2.45, 2.75) is 13.8 Å².